The Hall–Kier alpha value is -1.75. The molecule has 0 radical (unpaired) electrons. The molecule has 0 saturated heterocycles. The molecule has 0 aliphatic heterocycles. The predicted molar refractivity (Wildman–Crippen MR) is 99.3 cm³/mol. The summed E-state index contributed by atoms with van der Waals surface area (Å²) < 4.78 is 0. The number of benzene rings is 2. The number of nitrogens with zero attached hydrogens (tertiary/aromatic N) is 1. The first-order chi connectivity index (χ1) is 11.3. The van der Waals surface area contributed by atoms with Gasteiger partial charge >= 0.3 is 0 Å². The number of halogens is 3. The van der Waals surface area contributed by atoms with Gasteiger partial charge < -0.3 is 10.2 Å². The van der Waals surface area contributed by atoms with Crippen molar-refractivity contribution >= 4 is 58.0 Å². The highest BCUT2D eigenvalue weighted by molar-refractivity contribution is 6.39. The average molecular weight is 386 g/mol. The van der Waals surface area contributed by atoms with Gasteiger partial charge in [-0.2, -0.15) is 0 Å². The van der Waals surface area contributed by atoms with Gasteiger partial charge in [0, 0.05) is 17.6 Å². The molecule has 2 rings (SSSR count). The Kier molecular flexibility index (Phi) is 6.10. The molecule has 0 bridgehead atoms. The average Bonchev–Trinajstić information content (AvgIpc) is 2.49. The molecule has 4 nitrogen and oxygen atoms in total. The van der Waals surface area contributed by atoms with E-state index in [0.29, 0.717) is 26.4 Å². The minimum Gasteiger partial charge on any atom is -0.322 e. The second-order valence-electron chi connectivity index (χ2n) is 5.18. The molecule has 0 fully saturated rings. The molecule has 0 saturated carbocycles. The van der Waals surface area contributed by atoms with Gasteiger partial charge in [0.05, 0.1) is 15.7 Å². The van der Waals surface area contributed by atoms with E-state index < -0.39 is 5.91 Å². The third-order valence-electron chi connectivity index (χ3n) is 3.36. The molecule has 2 aromatic rings. The molecule has 7 heteroatoms. The number of anilines is 2. The van der Waals surface area contributed by atoms with Crippen LogP contribution in [0.4, 0.5) is 11.4 Å². The predicted octanol–water partition coefficient (Wildman–Crippen LogP) is 4.95. The molecule has 0 aliphatic carbocycles. The van der Waals surface area contributed by atoms with Crippen LogP contribution in [0.15, 0.2) is 36.4 Å². The molecule has 0 unspecified atom stereocenters. The first-order valence-electron chi connectivity index (χ1n) is 7.07. The van der Waals surface area contributed by atoms with E-state index in [1.807, 2.05) is 6.92 Å². The van der Waals surface area contributed by atoms with E-state index >= 15 is 0 Å². The summed E-state index contributed by atoms with van der Waals surface area (Å²) in [5, 5.41) is 3.86. The zero-order chi connectivity index (χ0) is 17.9. The minimum absolute atomic E-state index is 0.167. The summed E-state index contributed by atoms with van der Waals surface area (Å²) in [4.78, 5) is 25.7. The summed E-state index contributed by atoms with van der Waals surface area (Å²) in [5.41, 5.74) is 1.73. The first-order valence-corrected chi connectivity index (χ1v) is 8.21. The quantitative estimate of drug-likeness (QED) is 0.810. The summed E-state index contributed by atoms with van der Waals surface area (Å²) in [5.74, 6) is -0.671. The van der Waals surface area contributed by atoms with Crippen LogP contribution in [0.1, 0.15) is 12.5 Å². The molecule has 2 amide bonds. The minimum atomic E-state index is -0.408. The molecular formula is C17H15Cl3N2O2. The fourth-order valence-electron chi connectivity index (χ4n) is 2.23. The van der Waals surface area contributed by atoms with E-state index in [1.54, 1.807) is 36.4 Å². The normalized spacial score (nSPS) is 10.4. The van der Waals surface area contributed by atoms with Crippen LogP contribution in [0, 0.1) is 6.92 Å². The van der Waals surface area contributed by atoms with Crippen LogP contribution in [0.2, 0.25) is 15.1 Å². The Labute approximate surface area is 155 Å². The summed E-state index contributed by atoms with van der Waals surface area (Å²) in [6.45, 7) is 3.04. The molecule has 1 N–H and O–H groups in total. The molecule has 0 aliphatic rings. The molecular weight excluding hydrogens is 371 g/mol. The van der Waals surface area contributed by atoms with Crippen LogP contribution in [0.5, 0.6) is 0 Å². The van der Waals surface area contributed by atoms with Gasteiger partial charge in [-0.05, 0) is 42.8 Å². The molecule has 0 heterocycles. The number of hydrogen-bond donors (Lipinski definition) is 1. The summed E-state index contributed by atoms with van der Waals surface area (Å²) in [6, 6.07) is 10.0. The van der Waals surface area contributed by atoms with E-state index in [4.69, 9.17) is 34.8 Å². The van der Waals surface area contributed by atoms with Crippen molar-refractivity contribution < 1.29 is 9.59 Å². The second kappa shape index (κ2) is 7.88. The van der Waals surface area contributed by atoms with Crippen molar-refractivity contribution in [2.24, 2.45) is 0 Å². The van der Waals surface area contributed by atoms with Gasteiger partial charge in [0.1, 0.15) is 6.54 Å². The maximum atomic E-state index is 12.3. The lowest BCUT2D eigenvalue weighted by Crippen LogP contribution is -2.37. The second-order valence-corrected chi connectivity index (χ2v) is 6.43. The lowest BCUT2D eigenvalue weighted by molar-refractivity contribution is -0.120. The Morgan fingerprint density at radius 2 is 1.71 bits per heavy atom. The molecule has 0 spiro atoms. The highest BCUT2D eigenvalue weighted by atomic mass is 35.5. The van der Waals surface area contributed by atoms with Crippen LogP contribution < -0.4 is 10.2 Å². The standard InChI is InChI=1S/C17H15Cl3N2O2/c1-10-8-12(18)6-7-15(10)22(11(2)23)9-16(24)21-17-13(19)4-3-5-14(17)20/h3-8H,9H2,1-2H3,(H,21,24). The van der Waals surface area contributed by atoms with Crippen LogP contribution in [-0.4, -0.2) is 18.4 Å². The molecule has 126 valence electrons. The highest BCUT2D eigenvalue weighted by Crippen LogP contribution is 2.30. The van der Waals surface area contributed by atoms with Crippen molar-refractivity contribution in [3.05, 3.63) is 57.0 Å². The van der Waals surface area contributed by atoms with Crippen molar-refractivity contribution in [2.75, 3.05) is 16.8 Å². The van der Waals surface area contributed by atoms with Gasteiger partial charge in [-0.25, -0.2) is 0 Å². The lowest BCUT2D eigenvalue weighted by atomic mass is 10.1. The van der Waals surface area contributed by atoms with E-state index in [-0.39, 0.29) is 12.5 Å². The van der Waals surface area contributed by atoms with Crippen LogP contribution in [0.25, 0.3) is 0 Å². The summed E-state index contributed by atoms with van der Waals surface area (Å²) in [6.07, 6.45) is 0. The van der Waals surface area contributed by atoms with Crippen LogP contribution in [-0.2, 0) is 9.59 Å². The Bertz CT molecular complexity index is 773. The highest BCUT2D eigenvalue weighted by Gasteiger charge is 2.19. The topological polar surface area (TPSA) is 49.4 Å². The summed E-state index contributed by atoms with van der Waals surface area (Å²) >= 11 is 18.0. The van der Waals surface area contributed by atoms with Gasteiger partial charge in [-0.3, -0.25) is 9.59 Å². The zero-order valence-electron chi connectivity index (χ0n) is 13.1. The number of para-hydroxylation sites is 1. The number of amides is 2. The number of hydrogen-bond acceptors (Lipinski definition) is 2. The number of carbonyl (C=O) groups is 2. The number of aryl methyl sites for hydroxylation is 1. The van der Waals surface area contributed by atoms with Crippen molar-refractivity contribution in [3.63, 3.8) is 0 Å². The van der Waals surface area contributed by atoms with Gasteiger partial charge in [0.15, 0.2) is 0 Å². The van der Waals surface area contributed by atoms with Crippen LogP contribution >= 0.6 is 34.8 Å². The fourth-order valence-corrected chi connectivity index (χ4v) is 2.95. The van der Waals surface area contributed by atoms with E-state index in [1.165, 1.54) is 11.8 Å². The molecule has 0 aromatic heterocycles. The van der Waals surface area contributed by atoms with Crippen molar-refractivity contribution in [1.82, 2.24) is 0 Å². The van der Waals surface area contributed by atoms with Gasteiger partial charge in [-0.1, -0.05) is 40.9 Å². The third-order valence-corrected chi connectivity index (χ3v) is 4.22. The van der Waals surface area contributed by atoms with Crippen molar-refractivity contribution in [1.29, 1.82) is 0 Å². The SMILES string of the molecule is CC(=O)N(CC(=O)Nc1c(Cl)cccc1Cl)c1ccc(Cl)cc1C. The zero-order valence-corrected chi connectivity index (χ0v) is 15.3. The maximum absolute atomic E-state index is 12.3. The van der Waals surface area contributed by atoms with Gasteiger partial charge in [-0.15, -0.1) is 0 Å². The fraction of sp³-hybridized carbons (Fsp3) is 0.176. The third kappa shape index (κ3) is 4.41. The van der Waals surface area contributed by atoms with Gasteiger partial charge in [0.2, 0.25) is 11.8 Å². The monoisotopic (exact) mass is 384 g/mol. The number of rotatable bonds is 4. The Balaban J connectivity index is 2.22. The lowest BCUT2D eigenvalue weighted by Gasteiger charge is -2.23. The molecule has 2 aromatic carbocycles. The first kappa shape index (κ1) is 18.6. The number of carbonyl (C=O) groups excluding carboxylic acids is 2. The molecule has 0 atom stereocenters. The summed E-state index contributed by atoms with van der Waals surface area (Å²) in [7, 11) is 0. The Morgan fingerprint density at radius 1 is 1.08 bits per heavy atom. The smallest absolute Gasteiger partial charge is 0.244 e. The van der Waals surface area contributed by atoms with E-state index in [9.17, 15) is 9.59 Å². The largest absolute Gasteiger partial charge is 0.322 e. The van der Waals surface area contributed by atoms with Crippen molar-refractivity contribution in [3.8, 4) is 0 Å². The number of nitrogens with one attached hydrogen (secondary N) is 1. The van der Waals surface area contributed by atoms with E-state index in [2.05, 4.69) is 5.32 Å². The van der Waals surface area contributed by atoms with Crippen molar-refractivity contribution in [2.45, 2.75) is 13.8 Å². The molecule has 24 heavy (non-hydrogen) atoms. The van der Waals surface area contributed by atoms with Gasteiger partial charge in [0.25, 0.3) is 0 Å². The Morgan fingerprint density at radius 3 is 2.25 bits per heavy atom. The van der Waals surface area contributed by atoms with E-state index in [0.717, 1.165) is 5.56 Å². The maximum Gasteiger partial charge on any atom is 0.244 e. The van der Waals surface area contributed by atoms with Crippen LogP contribution in [0.3, 0.4) is 0 Å².